The third-order valence-electron chi connectivity index (χ3n) is 18.9. The van der Waals surface area contributed by atoms with Crippen molar-refractivity contribution in [3.8, 4) is 23.0 Å². The number of benzene rings is 4. The summed E-state index contributed by atoms with van der Waals surface area (Å²) in [5.41, 5.74) is 14.4. The van der Waals surface area contributed by atoms with Crippen molar-refractivity contribution in [2.75, 3.05) is 26.4 Å². The van der Waals surface area contributed by atoms with Gasteiger partial charge in [0.2, 0.25) is 0 Å². The van der Waals surface area contributed by atoms with E-state index in [1.54, 1.807) is 0 Å². The van der Waals surface area contributed by atoms with Crippen LogP contribution in [0.4, 0.5) is 0 Å². The monoisotopic (exact) mass is 1370 g/mol. The SMILES string of the molecule is CC(C)(C)c1cc2c(OCc3cn(CCCCCCO)nn3)c(c1)Cc1cc(C(C)(C)C)cc(c1OCc1cn(CCCCCCO)nn1)Cc1cc(C(C)(C)C)cc(c1OCc1cn(CCCCCCO)nn1)Cc1cc(C(C)(C)C)cc(c1OCc1cn(CCCCCCO)nn1)C2. The van der Waals surface area contributed by atoms with Gasteiger partial charge in [0.05, 0.1) is 24.8 Å². The maximum absolute atomic E-state index is 9.44. The van der Waals surface area contributed by atoms with Crippen molar-refractivity contribution in [1.29, 1.82) is 0 Å². The Morgan fingerprint density at radius 2 is 0.460 bits per heavy atom. The number of aryl methyl sites for hydroxylation is 4. The van der Waals surface area contributed by atoms with Crippen molar-refractivity contribution in [2.45, 2.75) is 286 Å². The normalized spacial score (nSPS) is 13.0. The van der Waals surface area contributed by atoms with Crippen LogP contribution in [-0.2, 0) is 99.9 Å². The lowest BCUT2D eigenvalue weighted by atomic mass is 9.79. The Bertz CT molecular complexity index is 3270. The summed E-state index contributed by atoms with van der Waals surface area (Å²) in [6, 6.07) is 18.7. The fourth-order valence-electron chi connectivity index (χ4n) is 13.0. The van der Waals surface area contributed by atoms with Crippen LogP contribution in [0.2, 0.25) is 0 Å². The van der Waals surface area contributed by atoms with E-state index in [1.807, 2.05) is 43.5 Å². The Balaban J connectivity index is 1.27. The van der Waals surface area contributed by atoms with Gasteiger partial charge in [-0.3, -0.25) is 18.7 Å². The van der Waals surface area contributed by atoms with Gasteiger partial charge in [-0.1, -0.05) is 204 Å². The number of rotatable bonds is 36. The van der Waals surface area contributed by atoms with E-state index in [0.717, 1.165) is 215 Å². The van der Waals surface area contributed by atoms with Gasteiger partial charge in [0.25, 0.3) is 0 Å². The smallest absolute Gasteiger partial charge is 0.134 e. The van der Waals surface area contributed by atoms with Crippen LogP contribution in [0, 0.1) is 0 Å². The highest BCUT2D eigenvalue weighted by molar-refractivity contribution is 5.60. The van der Waals surface area contributed by atoms with E-state index >= 15 is 0 Å². The molecule has 1 aliphatic rings. The Hall–Kier alpha value is -7.52. The summed E-state index contributed by atoms with van der Waals surface area (Å²) < 4.78 is 37.2. The lowest BCUT2D eigenvalue weighted by molar-refractivity contribution is 0.281. The molecular weight excluding hydrogens is 1260 g/mol. The number of fused-ring (bicyclic) bond motifs is 8. The zero-order chi connectivity index (χ0) is 71.5. The van der Waals surface area contributed by atoms with Crippen molar-refractivity contribution >= 4 is 0 Å². The second-order valence-electron chi connectivity index (χ2n) is 31.8. The molecule has 0 aliphatic heterocycles. The zero-order valence-electron chi connectivity index (χ0n) is 62.3. The molecule has 0 radical (unpaired) electrons. The molecule has 544 valence electrons. The van der Waals surface area contributed by atoms with Gasteiger partial charge in [0.15, 0.2) is 0 Å². The van der Waals surface area contributed by atoms with Crippen LogP contribution in [0.5, 0.6) is 23.0 Å². The predicted octanol–water partition coefficient (Wildman–Crippen LogP) is 14.4. The molecule has 9 rings (SSSR count). The molecular formula is C80H116N12O8. The predicted molar refractivity (Wildman–Crippen MR) is 391 cm³/mol. The molecule has 0 amide bonds. The summed E-state index contributed by atoms with van der Waals surface area (Å²) in [7, 11) is 0. The number of aromatic nitrogens is 12. The van der Waals surface area contributed by atoms with E-state index < -0.39 is 0 Å². The van der Waals surface area contributed by atoms with Gasteiger partial charge in [0.1, 0.15) is 72.2 Å². The fourth-order valence-corrected chi connectivity index (χ4v) is 13.0. The van der Waals surface area contributed by atoms with Crippen LogP contribution in [0.25, 0.3) is 0 Å². The van der Waals surface area contributed by atoms with Crippen molar-refractivity contribution in [3.63, 3.8) is 0 Å². The van der Waals surface area contributed by atoms with Crippen LogP contribution in [0.1, 0.15) is 275 Å². The fraction of sp³-hybridized carbons (Fsp3) is 0.600. The summed E-state index contributed by atoms with van der Waals surface area (Å²) in [5, 5.41) is 74.9. The molecule has 4 N–H and O–H groups in total. The molecule has 100 heavy (non-hydrogen) atoms. The van der Waals surface area contributed by atoms with Gasteiger partial charge >= 0.3 is 0 Å². The van der Waals surface area contributed by atoms with Crippen molar-refractivity contribution in [3.05, 3.63) is 163 Å². The summed E-state index contributed by atoms with van der Waals surface area (Å²) in [5.74, 6) is 3.05. The van der Waals surface area contributed by atoms with E-state index in [-0.39, 0.29) is 74.5 Å². The van der Waals surface area contributed by atoms with Gasteiger partial charge in [-0.15, -0.1) is 20.4 Å². The van der Waals surface area contributed by atoms with Gasteiger partial charge < -0.3 is 39.4 Å². The average Bonchev–Trinajstić information content (AvgIpc) is 0.844. The molecule has 4 heterocycles. The molecule has 0 unspecified atom stereocenters. The van der Waals surface area contributed by atoms with Gasteiger partial charge in [0, 0.05) is 78.3 Å². The molecule has 4 aromatic carbocycles. The molecule has 0 atom stereocenters. The number of hydrogen-bond acceptors (Lipinski definition) is 16. The molecule has 8 aromatic rings. The lowest BCUT2D eigenvalue weighted by Gasteiger charge is -2.29. The lowest BCUT2D eigenvalue weighted by Crippen LogP contribution is -2.18. The molecule has 8 bridgehead atoms. The number of ether oxygens (including phenoxy) is 4. The van der Waals surface area contributed by atoms with E-state index in [9.17, 15) is 20.4 Å². The summed E-state index contributed by atoms with van der Waals surface area (Å²) >= 11 is 0. The van der Waals surface area contributed by atoms with Crippen molar-refractivity contribution in [1.82, 2.24) is 60.0 Å². The van der Waals surface area contributed by atoms with Gasteiger partial charge in [-0.05, 0) is 140 Å². The number of hydrogen-bond donors (Lipinski definition) is 4. The average molecular weight is 1370 g/mol. The Morgan fingerprint density at radius 3 is 0.630 bits per heavy atom. The molecule has 0 spiro atoms. The molecule has 0 saturated heterocycles. The molecule has 0 saturated carbocycles. The molecule has 20 heteroatoms. The number of nitrogens with zero attached hydrogens (tertiary/aromatic N) is 12. The molecule has 4 aromatic heterocycles. The van der Waals surface area contributed by atoms with Crippen molar-refractivity contribution < 1.29 is 39.4 Å². The quantitative estimate of drug-likeness (QED) is 0.0267. The van der Waals surface area contributed by atoms with E-state index in [1.165, 1.54) is 0 Å². The first kappa shape index (κ1) is 76.7. The summed E-state index contributed by atoms with van der Waals surface area (Å²) in [6.45, 7) is 31.7. The summed E-state index contributed by atoms with van der Waals surface area (Å²) in [4.78, 5) is 0. The Kier molecular flexibility index (Phi) is 27.5. The minimum absolute atomic E-state index is 0.177. The van der Waals surface area contributed by atoms with Gasteiger partial charge in [-0.2, -0.15) is 0 Å². The number of aliphatic hydroxyl groups is 4. The van der Waals surface area contributed by atoms with Gasteiger partial charge in [-0.25, -0.2) is 0 Å². The Morgan fingerprint density at radius 1 is 0.280 bits per heavy atom. The maximum atomic E-state index is 9.44. The second-order valence-corrected chi connectivity index (χ2v) is 31.8. The first-order chi connectivity index (χ1) is 47.9. The maximum Gasteiger partial charge on any atom is 0.134 e. The standard InChI is InChI=1S/C80H116N12O8/c1-77(2,3)65-41-57-37-59-43-66(78(4,5)6)45-61(74(59)98-54-70-50-90(86-82-70)30-22-14-18-26-34-94)39-63-47-68(80(10,11)12)48-64(76(63)100-56-72-52-92(88-84-72)32-24-16-20-28-36-96)40-62-46-67(79(7,8)9)44-60(75(62)99-55-71-51-91(87-83-71)31-23-15-19-27-35-95)38-58(42-65)73(57)97-53-69-49-89(85-81-69)29-21-13-17-25-33-93/h41-52,93-96H,13-40,53-56H2,1-12H3. The third kappa shape index (κ3) is 22.2. The zero-order valence-corrected chi connectivity index (χ0v) is 62.3. The first-order valence-corrected chi connectivity index (χ1v) is 37.0. The van der Waals surface area contributed by atoms with Crippen LogP contribution in [0.3, 0.4) is 0 Å². The summed E-state index contributed by atoms with van der Waals surface area (Å²) in [6.07, 6.45) is 24.4. The van der Waals surface area contributed by atoms with E-state index in [0.29, 0.717) is 51.9 Å². The largest absolute Gasteiger partial charge is 0.487 e. The number of aliphatic hydroxyl groups excluding tert-OH is 4. The second kappa shape index (κ2) is 35.9. The van der Waals surface area contributed by atoms with Crippen LogP contribution < -0.4 is 18.9 Å². The van der Waals surface area contributed by atoms with E-state index in [4.69, 9.17) is 39.3 Å². The topological polar surface area (TPSA) is 241 Å². The Labute approximate surface area is 594 Å². The van der Waals surface area contributed by atoms with Crippen molar-refractivity contribution in [2.24, 2.45) is 0 Å². The highest BCUT2D eigenvalue weighted by Gasteiger charge is 2.31. The van der Waals surface area contributed by atoms with E-state index in [2.05, 4.69) is 152 Å². The first-order valence-electron chi connectivity index (χ1n) is 37.0. The highest BCUT2D eigenvalue weighted by atomic mass is 16.5. The molecule has 20 nitrogen and oxygen atoms in total. The molecule has 1 aliphatic carbocycles. The minimum Gasteiger partial charge on any atom is -0.487 e. The third-order valence-corrected chi connectivity index (χ3v) is 18.9. The van der Waals surface area contributed by atoms with Crippen LogP contribution >= 0.6 is 0 Å². The minimum atomic E-state index is -0.285. The van der Waals surface area contributed by atoms with Crippen LogP contribution in [0.15, 0.2) is 73.3 Å². The van der Waals surface area contributed by atoms with Crippen LogP contribution in [-0.4, -0.2) is 107 Å². The number of unbranched alkanes of at least 4 members (excludes halogenated alkanes) is 12. The highest BCUT2D eigenvalue weighted by Crippen LogP contribution is 2.45. The molecule has 0 fully saturated rings.